The highest BCUT2D eigenvalue weighted by Crippen LogP contribution is 2.69. The largest absolute Gasteiger partial charge is 0.497 e. The highest BCUT2D eigenvalue weighted by Gasteiger charge is 2.62. The number of nitrogens with one attached hydrogen (secondary N) is 1. The van der Waals surface area contributed by atoms with Gasteiger partial charge in [0.15, 0.2) is 5.58 Å². The first kappa shape index (κ1) is 16.2. The van der Waals surface area contributed by atoms with E-state index in [2.05, 4.69) is 24.1 Å². The number of amides is 1. The maximum absolute atomic E-state index is 13.3. The lowest BCUT2D eigenvalue weighted by Crippen LogP contribution is -2.58. The van der Waals surface area contributed by atoms with Crippen LogP contribution in [0.1, 0.15) is 52.4 Å². The molecule has 1 aromatic carbocycles. The first-order valence-electron chi connectivity index (χ1n) is 9.57. The normalized spacial score (nSPS) is 37.9. The van der Waals surface area contributed by atoms with Gasteiger partial charge in [-0.05, 0) is 67.4 Å². The van der Waals surface area contributed by atoms with Crippen LogP contribution in [0.4, 0.5) is 6.01 Å². The quantitative estimate of drug-likeness (QED) is 0.862. The second-order valence-corrected chi connectivity index (χ2v) is 9.72. The summed E-state index contributed by atoms with van der Waals surface area (Å²) in [5.41, 5.74) is 1.70. The summed E-state index contributed by atoms with van der Waals surface area (Å²) in [6.07, 6.45) is 6.81. The fraction of sp³-hybridized carbons (Fsp3) is 0.619. The Kier molecular flexibility index (Phi) is 3.12. The number of anilines is 1. The van der Waals surface area contributed by atoms with Gasteiger partial charge in [0.25, 0.3) is 0 Å². The molecule has 4 fully saturated rings. The molecule has 138 valence electrons. The minimum Gasteiger partial charge on any atom is -0.497 e. The summed E-state index contributed by atoms with van der Waals surface area (Å²) in [6.45, 7) is 4.76. The summed E-state index contributed by atoms with van der Waals surface area (Å²) in [6, 6.07) is 5.78. The van der Waals surface area contributed by atoms with Gasteiger partial charge >= 0.3 is 6.01 Å². The third-order valence-electron chi connectivity index (χ3n) is 6.92. The van der Waals surface area contributed by atoms with E-state index in [-0.39, 0.29) is 11.3 Å². The molecule has 1 aromatic heterocycles. The van der Waals surface area contributed by atoms with Crippen molar-refractivity contribution in [3.63, 3.8) is 0 Å². The smallest absolute Gasteiger partial charge is 0.302 e. The Labute approximate surface area is 153 Å². The zero-order chi connectivity index (χ0) is 18.2. The molecule has 2 unspecified atom stereocenters. The van der Waals surface area contributed by atoms with Crippen molar-refractivity contribution in [3.05, 3.63) is 18.2 Å². The van der Waals surface area contributed by atoms with E-state index in [1.165, 1.54) is 19.3 Å². The Bertz CT molecular complexity index is 884. The van der Waals surface area contributed by atoms with Crippen LogP contribution in [0.2, 0.25) is 0 Å². The van der Waals surface area contributed by atoms with Crippen molar-refractivity contribution >= 4 is 23.0 Å². The molecular formula is C21H26N2O3. The van der Waals surface area contributed by atoms with Gasteiger partial charge in [0.2, 0.25) is 5.91 Å². The molecule has 4 aliphatic rings. The molecule has 0 saturated heterocycles. The van der Waals surface area contributed by atoms with Gasteiger partial charge < -0.3 is 9.15 Å². The number of ether oxygens (including phenoxy) is 1. The van der Waals surface area contributed by atoms with E-state index in [0.717, 1.165) is 24.8 Å². The van der Waals surface area contributed by atoms with Gasteiger partial charge in [0, 0.05) is 6.07 Å². The number of carbonyl (C=O) groups excluding carboxylic acids is 1. The average Bonchev–Trinajstić information content (AvgIpc) is 2.92. The Morgan fingerprint density at radius 1 is 1.19 bits per heavy atom. The molecular weight excluding hydrogens is 328 g/mol. The second kappa shape index (κ2) is 5.02. The summed E-state index contributed by atoms with van der Waals surface area (Å²) in [5.74, 6) is 1.49. The van der Waals surface area contributed by atoms with Gasteiger partial charge in [-0.1, -0.05) is 13.8 Å². The summed E-state index contributed by atoms with van der Waals surface area (Å²) in [7, 11) is 1.62. The highest BCUT2D eigenvalue weighted by molar-refractivity contribution is 5.95. The molecule has 0 aliphatic heterocycles. The topological polar surface area (TPSA) is 64.4 Å². The SMILES string of the molecule is COc1ccc2nc(NC(=O)C34CC5CC(C)(CC(C)(C5)C3)C4)oc2c1. The molecule has 1 N–H and O–H groups in total. The molecule has 5 heteroatoms. The predicted octanol–water partition coefficient (Wildman–Crippen LogP) is 4.77. The van der Waals surface area contributed by atoms with Crippen molar-refractivity contribution in [1.29, 1.82) is 0 Å². The van der Waals surface area contributed by atoms with Gasteiger partial charge in [-0.15, -0.1) is 0 Å². The summed E-state index contributed by atoms with van der Waals surface area (Å²) in [5, 5.41) is 3.00. The van der Waals surface area contributed by atoms with Crippen molar-refractivity contribution in [1.82, 2.24) is 4.98 Å². The van der Waals surface area contributed by atoms with Gasteiger partial charge in [-0.2, -0.15) is 4.98 Å². The fourth-order valence-corrected chi connectivity index (χ4v) is 7.02. The minimum absolute atomic E-state index is 0.0950. The average molecular weight is 354 g/mol. The number of hydrogen-bond donors (Lipinski definition) is 1. The minimum atomic E-state index is -0.263. The molecule has 0 radical (unpaired) electrons. The van der Waals surface area contributed by atoms with E-state index in [1.54, 1.807) is 13.2 Å². The lowest BCUT2D eigenvalue weighted by Gasteiger charge is -2.64. The van der Waals surface area contributed by atoms with E-state index < -0.39 is 0 Å². The van der Waals surface area contributed by atoms with Crippen LogP contribution in [0.15, 0.2) is 22.6 Å². The molecule has 1 amide bonds. The van der Waals surface area contributed by atoms with Crippen LogP contribution >= 0.6 is 0 Å². The maximum atomic E-state index is 13.3. The Morgan fingerprint density at radius 3 is 2.58 bits per heavy atom. The number of nitrogens with zero attached hydrogens (tertiary/aromatic N) is 1. The van der Waals surface area contributed by atoms with E-state index in [9.17, 15) is 4.79 Å². The molecule has 4 aliphatic carbocycles. The van der Waals surface area contributed by atoms with Crippen LogP contribution in [0.5, 0.6) is 5.75 Å². The van der Waals surface area contributed by atoms with Crippen molar-refractivity contribution < 1.29 is 13.9 Å². The number of carbonyl (C=O) groups is 1. The number of benzene rings is 1. The first-order chi connectivity index (χ1) is 12.3. The Hall–Kier alpha value is -2.04. The molecule has 6 rings (SSSR count). The van der Waals surface area contributed by atoms with Crippen LogP contribution in [0.3, 0.4) is 0 Å². The summed E-state index contributed by atoms with van der Waals surface area (Å²) >= 11 is 0. The first-order valence-corrected chi connectivity index (χ1v) is 9.57. The van der Waals surface area contributed by atoms with E-state index in [0.29, 0.717) is 34.1 Å². The zero-order valence-electron chi connectivity index (χ0n) is 15.7. The Morgan fingerprint density at radius 2 is 1.92 bits per heavy atom. The second-order valence-electron chi connectivity index (χ2n) is 9.72. The van der Waals surface area contributed by atoms with Gasteiger partial charge in [-0.3, -0.25) is 10.1 Å². The Balaban J connectivity index is 1.43. The van der Waals surface area contributed by atoms with Crippen LogP contribution in [-0.4, -0.2) is 18.0 Å². The summed E-state index contributed by atoms with van der Waals surface area (Å²) < 4.78 is 11.0. The van der Waals surface area contributed by atoms with Crippen molar-refractivity contribution in [2.24, 2.45) is 22.2 Å². The molecule has 5 nitrogen and oxygen atoms in total. The van der Waals surface area contributed by atoms with Gasteiger partial charge in [0.1, 0.15) is 11.3 Å². The van der Waals surface area contributed by atoms with Crippen molar-refractivity contribution in [3.8, 4) is 5.75 Å². The van der Waals surface area contributed by atoms with Crippen LogP contribution in [-0.2, 0) is 4.79 Å². The van der Waals surface area contributed by atoms with Gasteiger partial charge in [-0.25, -0.2) is 0 Å². The summed E-state index contributed by atoms with van der Waals surface area (Å²) in [4.78, 5) is 17.8. The lowest BCUT2D eigenvalue weighted by atomic mass is 9.40. The number of fused-ring (bicyclic) bond motifs is 1. The molecule has 26 heavy (non-hydrogen) atoms. The number of hydrogen-bond acceptors (Lipinski definition) is 4. The third kappa shape index (κ3) is 2.36. The van der Waals surface area contributed by atoms with Crippen LogP contribution < -0.4 is 10.1 Å². The standard InChI is InChI=1S/C21H26N2O3/c1-19-7-13-8-20(2,10-19)12-21(9-13,11-19)17(24)23-18-22-15-5-4-14(25-3)6-16(15)26-18/h4-6,13H,7-12H2,1-3H3,(H,22,23,24). The highest BCUT2D eigenvalue weighted by atomic mass is 16.5. The maximum Gasteiger partial charge on any atom is 0.302 e. The van der Waals surface area contributed by atoms with Crippen LogP contribution in [0, 0.1) is 22.2 Å². The monoisotopic (exact) mass is 354 g/mol. The molecule has 4 bridgehead atoms. The zero-order valence-corrected chi connectivity index (χ0v) is 15.7. The predicted molar refractivity (Wildman–Crippen MR) is 99.0 cm³/mol. The molecule has 2 aromatic rings. The molecule has 4 saturated carbocycles. The van der Waals surface area contributed by atoms with E-state index in [4.69, 9.17) is 9.15 Å². The third-order valence-corrected chi connectivity index (χ3v) is 6.92. The van der Waals surface area contributed by atoms with Crippen molar-refractivity contribution in [2.75, 3.05) is 12.4 Å². The number of oxazole rings is 1. The molecule has 1 heterocycles. The molecule has 0 spiro atoms. The van der Waals surface area contributed by atoms with Crippen molar-refractivity contribution in [2.45, 2.75) is 52.4 Å². The van der Waals surface area contributed by atoms with E-state index in [1.807, 2.05) is 12.1 Å². The fourth-order valence-electron chi connectivity index (χ4n) is 7.02. The lowest BCUT2D eigenvalue weighted by molar-refractivity contribution is -0.165. The van der Waals surface area contributed by atoms with Gasteiger partial charge in [0.05, 0.1) is 12.5 Å². The number of rotatable bonds is 3. The number of methoxy groups -OCH3 is 1. The number of aromatic nitrogens is 1. The van der Waals surface area contributed by atoms with E-state index >= 15 is 0 Å². The molecule has 2 atom stereocenters. The van der Waals surface area contributed by atoms with Crippen LogP contribution in [0.25, 0.3) is 11.1 Å².